The third kappa shape index (κ3) is 3.18. The van der Waals surface area contributed by atoms with Gasteiger partial charge in [-0.1, -0.05) is 6.42 Å². The number of rotatable bonds is 3. The second kappa shape index (κ2) is 5.21. The van der Waals surface area contributed by atoms with E-state index in [2.05, 4.69) is 27.3 Å². The number of sulfonamides is 1. The molecule has 17 heavy (non-hydrogen) atoms. The second-order valence-electron chi connectivity index (χ2n) is 4.28. The van der Waals surface area contributed by atoms with Gasteiger partial charge in [-0.05, 0) is 59.7 Å². The third-order valence-electron chi connectivity index (χ3n) is 3.00. The lowest BCUT2D eigenvalue weighted by atomic mass is 10.2. The van der Waals surface area contributed by atoms with Gasteiger partial charge < -0.3 is 5.73 Å². The minimum Gasteiger partial charge on any atom is -0.326 e. The van der Waals surface area contributed by atoms with Crippen molar-refractivity contribution in [1.29, 1.82) is 0 Å². The fourth-order valence-electron chi connectivity index (χ4n) is 2.02. The van der Waals surface area contributed by atoms with Gasteiger partial charge >= 0.3 is 0 Å². The molecule has 0 spiro atoms. The second-order valence-corrected chi connectivity index (χ2v) is 7.24. The van der Waals surface area contributed by atoms with Crippen LogP contribution in [0, 0.1) is 3.57 Å². The Balaban J connectivity index is 2.16. The van der Waals surface area contributed by atoms with Crippen molar-refractivity contribution in [2.75, 3.05) is 0 Å². The van der Waals surface area contributed by atoms with E-state index in [0.717, 1.165) is 22.8 Å². The molecule has 1 aromatic rings. The van der Waals surface area contributed by atoms with Gasteiger partial charge in [-0.2, -0.15) is 0 Å². The molecule has 1 fully saturated rings. The molecule has 1 saturated carbocycles. The van der Waals surface area contributed by atoms with Crippen molar-refractivity contribution in [1.82, 2.24) is 4.72 Å². The average molecular weight is 366 g/mol. The van der Waals surface area contributed by atoms with Gasteiger partial charge in [-0.25, -0.2) is 13.1 Å². The number of nitrogens with two attached hydrogens (primary N) is 1. The number of hydrogen-bond acceptors (Lipinski definition) is 3. The average Bonchev–Trinajstić information content (AvgIpc) is 2.64. The van der Waals surface area contributed by atoms with Crippen molar-refractivity contribution in [3.8, 4) is 0 Å². The lowest BCUT2D eigenvalue weighted by Gasteiger charge is -2.17. The minimum atomic E-state index is -3.43. The monoisotopic (exact) mass is 366 g/mol. The van der Waals surface area contributed by atoms with E-state index in [-0.39, 0.29) is 12.1 Å². The molecule has 94 valence electrons. The van der Waals surface area contributed by atoms with Crippen LogP contribution in [0.5, 0.6) is 0 Å². The Kier molecular flexibility index (Phi) is 4.06. The smallest absolute Gasteiger partial charge is 0.240 e. The Morgan fingerprint density at radius 3 is 2.41 bits per heavy atom. The molecule has 1 aliphatic carbocycles. The molecule has 3 N–H and O–H groups in total. The Morgan fingerprint density at radius 2 is 1.88 bits per heavy atom. The molecule has 0 heterocycles. The Bertz CT molecular complexity index is 487. The highest BCUT2D eigenvalue weighted by Gasteiger charge is 2.28. The molecule has 0 bridgehead atoms. The van der Waals surface area contributed by atoms with E-state index < -0.39 is 10.0 Å². The Hall–Kier alpha value is -0.180. The van der Waals surface area contributed by atoms with Gasteiger partial charge in [0.25, 0.3) is 0 Å². The molecular weight excluding hydrogens is 351 g/mol. The maximum absolute atomic E-state index is 12.1. The van der Waals surface area contributed by atoms with Crippen molar-refractivity contribution in [2.24, 2.45) is 5.73 Å². The summed E-state index contributed by atoms with van der Waals surface area (Å²) in [5.74, 6) is 0. The molecule has 0 saturated heterocycles. The number of hydrogen-bond donors (Lipinski definition) is 2. The zero-order chi connectivity index (χ0) is 12.5. The number of nitrogens with one attached hydrogen (secondary N) is 1. The van der Waals surface area contributed by atoms with Crippen LogP contribution < -0.4 is 10.5 Å². The Labute approximate surface area is 115 Å². The van der Waals surface area contributed by atoms with Crippen LogP contribution in [0.2, 0.25) is 0 Å². The highest BCUT2D eigenvalue weighted by atomic mass is 127. The molecule has 1 aliphatic rings. The summed E-state index contributed by atoms with van der Waals surface area (Å²) in [6.45, 7) is 0. The number of halogens is 1. The van der Waals surface area contributed by atoms with Crippen LogP contribution in [0.25, 0.3) is 0 Å². The van der Waals surface area contributed by atoms with E-state index in [4.69, 9.17) is 5.73 Å². The van der Waals surface area contributed by atoms with Crippen LogP contribution in [0.4, 0.5) is 0 Å². The summed E-state index contributed by atoms with van der Waals surface area (Å²) in [6.07, 6.45) is 2.70. The third-order valence-corrected chi connectivity index (χ3v) is 5.22. The van der Waals surface area contributed by atoms with E-state index in [9.17, 15) is 8.42 Å². The van der Waals surface area contributed by atoms with Gasteiger partial charge in [0.15, 0.2) is 0 Å². The van der Waals surface area contributed by atoms with Gasteiger partial charge in [0.05, 0.1) is 4.90 Å². The highest BCUT2D eigenvalue weighted by molar-refractivity contribution is 14.1. The fraction of sp³-hybridized carbons (Fsp3) is 0.455. The first kappa shape index (κ1) is 13.3. The lowest BCUT2D eigenvalue weighted by Crippen LogP contribution is -2.43. The van der Waals surface area contributed by atoms with Crippen molar-refractivity contribution >= 4 is 32.6 Å². The molecule has 0 radical (unpaired) electrons. The maximum atomic E-state index is 12.1. The van der Waals surface area contributed by atoms with Crippen LogP contribution in [-0.4, -0.2) is 20.5 Å². The molecule has 1 aromatic carbocycles. The van der Waals surface area contributed by atoms with Gasteiger partial charge in [0.1, 0.15) is 0 Å². The zero-order valence-electron chi connectivity index (χ0n) is 9.27. The van der Waals surface area contributed by atoms with Gasteiger partial charge in [0.2, 0.25) is 10.0 Å². The molecule has 4 nitrogen and oxygen atoms in total. The molecule has 2 unspecified atom stereocenters. The van der Waals surface area contributed by atoms with Gasteiger partial charge in [-0.15, -0.1) is 0 Å². The topological polar surface area (TPSA) is 72.2 Å². The first-order valence-corrected chi connectivity index (χ1v) is 8.09. The standard InChI is InChI=1S/C11H15IN2O2S/c12-8-4-6-9(7-5-8)17(15,16)14-11-3-1-2-10(11)13/h4-7,10-11,14H,1-3,13H2. The summed E-state index contributed by atoms with van der Waals surface area (Å²) in [5, 5.41) is 0. The lowest BCUT2D eigenvalue weighted by molar-refractivity contribution is 0.522. The van der Waals surface area contributed by atoms with Crippen molar-refractivity contribution in [3.63, 3.8) is 0 Å². The van der Waals surface area contributed by atoms with E-state index >= 15 is 0 Å². The van der Waals surface area contributed by atoms with Crippen molar-refractivity contribution in [2.45, 2.75) is 36.2 Å². The molecule has 0 aliphatic heterocycles. The Morgan fingerprint density at radius 1 is 1.24 bits per heavy atom. The van der Waals surface area contributed by atoms with Crippen LogP contribution in [0.15, 0.2) is 29.2 Å². The quantitative estimate of drug-likeness (QED) is 0.796. The number of benzene rings is 1. The van der Waals surface area contributed by atoms with Crippen LogP contribution in [0.1, 0.15) is 19.3 Å². The fourth-order valence-corrected chi connectivity index (χ4v) is 3.70. The van der Waals surface area contributed by atoms with Crippen LogP contribution >= 0.6 is 22.6 Å². The summed E-state index contributed by atoms with van der Waals surface area (Å²) in [4.78, 5) is 0.303. The van der Waals surface area contributed by atoms with E-state index in [1.807, 2.05) is 0 Å². The largest absolute Gasteiger partial charge is 0.326 e. The molecule has 0 aromatic heterocycles. The predicted octanol–water partition coefficient (Wildman–Crippen LogP) is 1.45. The minimum absolute atomic E-state index is 0.0615. The summed E-state index contributed by atoms with van der Waals surface area (Å²) < 4.78 is 27.9. The zero-order valence-corrected chi connectivity index (χ0v) is 12.2. The van der Waals surface area contributed by atoms with Crippen LogP contribution in [0.3, 0.4) is 0 Å². The normalized spacial score (nSPS) is 25.1. The summed E-state index contributed by atoms with van der Waals surface area (Å²) in [7, 11) is -3.43. The van der Waals surface area contributed by atoms with Crippen molar-refractivity contribution in [3.05, 3.63) is 27.8 Å². The molecule has 2 atom stereocenters. The van der Waals surface area contributed by atoms with Gasteiger partial charge in [0, 0.05) is 15.7 Å². The van der Waals surface area contributed by atoms with E-state index in [0.29, 0.717) is 4.90 Å². The van der Waals surface area contributed by atoms with E-state index in [1.165, 1.54) is 0 Å². The van der Waals surface area contributed by atoms with Crippen molar-refractivity contribution < 1.29 is 8.42 Å². The predicted molar refractivity (Wildman–Crippen MR) is 75.1 cm³/mol. The first-order valence-electron chi connectivity index (χ1n) is 5.52. The molecule has 2 rings (SSSR count). The first-order chi connectivity index (χ1) is 7.99. The summed E-state index contributed by atoms with van der Waals surface area (Å²) >= 11 is 2.14. The molecule has 6 heteroatoms. The molecule has 0 amide bonds. The maximum Gasteiger partial charge on any atom is 0.240 e. The van der Waals surface area contributed by atoms with Crippen LogP contribution in [-0.2, 0) is 10.0 Å². The summed E-state index contributed by atoms with van der Waals surface area (Å²) in [6, 6.07) is 6.61. The van der Waals surface area contributed by atoms with E-state index in [1.54, 1.807) is 24.3 Å². The highest BCUT2D eigenvalue weighted by Crippen LogP contribution is 2.20. The summed E-state index contributed by atoms with van der Waals surface area (Å²) in [5.41, 5.74) is 5.86. The van der Waals surface area contributed by atoms with Gasteiger partial charge in [-0.3, -0.25) is 0 Å². The SMILES string of the molecule is NC1CCCC1NS(=O)(=O)c1ccc(I)cc1. The molecular formula is C11H15IN2O2S.